The fourth-order valence-electron chi connectivity index (χ4n) is 3.57. The molecule has 1 saturated heterocycles. The molecule has 2 aromatic carbocycles. The molecule has 0 aliphatic carbocycles. The molecule has 1 atom stereocenters. The van der Waals surface area contributed by atoms with Gasteiger partial charge in [0.1, 0.15) is 0 Å². The average molecular weight is 497 g/mol. The van der Waals surface area contributed by atoms with Gasteiger partial charge in [0.25, 0.3) is 5.91 Å². The summed E-state index contributed by atoms with van der Waals surface area (Å²) in [6.07, 6.45) is -0.0377. The van der Waals surface area contributed by atoms with Crippen molar-refractivity contribution in [2.45, 2.75) is 19.1 Å². The highest BCUT2D eigenvalue weighted by Gasteiger charge is 2.33. The van der Waals surface area contributed by atoms with E-state index in [2.05, 4.69) is 26.0 Å². The maximum Gasteiger partial charge on any atom is 0.266 e. The minimum absolute atomic E-state index is 0.00735. The Balaban J connectivity index is 1.29. The molecule has 0 bridgehead atoms. The second-order valence-electron chi connectivity index (χ2n) is 7.20. The van der Waals surface area contributed by atoms with Crippen LogP contribution in [0, 0.1) is 0 Å². The van der Waals surface area contributed by atoms with Crippen LogP contribution in [0.25, 0.3) is 0 Å². The SMILES string of the molecule is O=C(C1CC(c2cccc(Br)c2)=NO1)N1CCN(Cc2ccc(Cl)c(Cl)c2)CC1. The summed E-state index contributed by atoms with van der Waals surface area (Å²) in [4.78, 5) is 22.5. The van der Waals surface area contributed by atoms with Crippen LogP contribution in [0.1, 0.15) is 17.5 Å². The number of hydrogen-bond donors (Lipinski definition) is 0. The Morgan fingerprint density at radius 3 is 2.62 bits per heavy atom. The van der Waals surface area contributed by atoms with Crippen molar-refractivity contribution >= 4 is 50.8 Å². The van der Waals surface area contributed by atoms with Crippen LogP contribution in [0.3, 0.4) is 0 Å². The van der Waals surface area contributed by atoms with E-state index in [1.807, 2.05) is 47.4 Å². The third-order valence-corrected chi connectivity index (χ3v) is 6.41. The number of amides is 1. The van der Waals surface area contributed by atoms with Crippen molar-refractivity contribution < 1.29 is 9.63 Å². The van der Waals surface area contributed by atoms with E-state index in [1.165, 1.54) is 0 Å². The molecule has 0 N–H and O–H groups in total. The Kier molecular flexibility index (Phi) is 6.44. The summed E-state index contributed by atoms with van der Waals surface area (Å²) in [5.74, 6) is 0.00735. The van der Waals surface area contributed by atoms with Crippen LogP contribution in [0.5, 0.6) is 0 Å². The maximum absolute atomic E-state index is 12.9. The minimum atomic E-state index is -0.536. The minimum Gasteiger partial charge on any atom is -0.382 e. The standard InChI is InChI=1S/C21H20BrCl2N3O2/c22-16-3-1-2-15(11-16)19-12-20(29-25-19)21(28)27-8-6-26(7-9-27)13-14-4-5-17(23)18(24)10-14/h1-5,10-11,20H,6-9,12-13H2. The molecule has 2 aromatic rings. The molecule has 29 heavy (non-hydrogen) atoms. The number of halogens is 3. The van der Waals surface area contributed by atoms with Crippen molar-refractivity contribution in [3.05, 3.63) is 68.1 Å². The van der Waals surface area contributed by atoms with Crippen LogP contribution in [0.4, 0.5) is 0 Å². The van der Waals surface area contributed by atoms with Crippen LogP contribution in [-0.4, -0.2) is 53.7 Å². The summed E-state index contributed by atoms with van der Waals surface area (Å²) in [6, 6.07) is 13.6. The highest BCUT2D eigenvalue weighted by molar-refractivity contribution is 9.10. The Labute approximate surface area is 188 Å². The summed E-state index contributed by atoms with van der Waals surface area (Å²) in [5, 5.41) is 5.27. The second-order valence-corrected chi connectivity index (χ2v) is 8.93. The van der Waals surface area contributed by atoms with Gasteiger partial charge in [-0.25, -0.2) is 0 Å². The molecular formula is C21H20BrCl2N3O2. The maximum atomic E-state index is 12.9. The van der Waals surface area contributed by atoms with Gasteiger partial charge in [-0.3, -0.25) is 9.69 Å². The number of carbonyl (C=O) groups is 1. The van der Waals surface area contributed by atoms with Crippen LogP contribution < -0.4 is 0 Å². The van der Waals surface area contributed by atoms with E-state index in [0.29, 0.717) is 29.6 Å². The highest BCUT2D eigenvalue weighted by Crippen LogP contribution is 2.24. The van der Waals surface area contributed by atoms with Crippen molar-refractivity contribution in [3.63, 3.8) is 0 Å². The molecule has 1 fully saturated rings. The van der Waals surface area contributed by atoms with Gasteiger partial charge in [0.2, 0.25) is 6.10 Å². The van der Waals surface area contributed by atoms with Gasteiger partial charge in [-0.1, -0.05) is 62.5 Å². The first-order valence-electron chi connectivity index (χ1n) is 9.43. The molecule has 2 aliphatic rings. The largest absolute Gasteiger partial charge is 0.382 e. The van der Waals surface area contributed by atoms with Gasteiger partial charge >= 0.3 is 0 Å². The first kappa shape index (κ1) is 20.7. The Morgan fingerprint density at radius 2 is 1.90 bits per heavy atom. The Morgan fingerprint density at radius 1 is 1.10 bits per heavy atom. The summed E-state index contributed by atoms with van der Waals surface area (Å²) in [5.41, 5.74) is 2.90. The summed E-state index contributed by atoms with van der Waals surface area (Å²) < 4.78 is 0.977. The summed E-state index contributed by atoms with van der Waals surface area (Å²) in [7, 11) is 0. The van der Waals surface area contributed by atoms with Gasteiger partial charge in [0.05, 0.1) is 15.8 Å². The molecule has 0 spiro atoms. The van der Waals surface area contributed by atoms with Gasteiger partial charge in [-0.05, 0) is 29.8 Å². The van der Waals surface area contributed by atoms with E-state index in [0.717, 1.165) is 40.9 Å². The van der Waals surface area contributed by atoms with E-state index in [-0.39, 0.29) is 5.91 Å². The van der Waals surface area contributed by atoms with Crippen molar-refractivity contribution in [1.82, 2.24) is 9.80 Å². The monoisotopic (exact) mass is 495 g/mol. The van der Waals surface area contributed by atoms with E-state index >= 15 is 0 Å². The van der Waals surface area contributed by atoms with Gasteiger partial charge in [0.15, 0.2) is 0 Å². The molecule has 4 rings (SSSR count). The van der Waals surface area contributed by atoms with Crippen molar-refractivity contribution in [2.24, 2.45) is 5.16 Å². The molecule has 0 saturated carbocycles. The third kappa shape index (κ3) is 4.94. The van der Waals surface area contributed by atoms with Gasteiger partial charge < -0.3 is 9.74 Å². The van der Waals surface area contributed by atoms with Crippen molar-refractivity contribution in [3.8, 4) is 0 Å². The molecule has 1 unspecified atom stereocenters. The molecule has 1 amide bonds. The number of carbonyl (C=O) groups excluding carboxylic acids is 1. The number of piperazine rings is 1. The summed E-state index contributed by atoms with van der Waals surface area (Å²) in [6.45, 7) is 3.74. The summed E-state index contributed by atoms with van der Waals surface area (Å²) >= 11 is 15.5. The molecule has 8 heteroatoms. The Hall–Kier alpha value is -1.60. The normalized spacial score (nSPS) is 19.8. The first-order chi connectivity index (χ1) is 14.0. The molecule has 0 aromatic heterocycles. The molecule has 0 radical (unpaired) electrons. The zero-order valence-electron chi connectivity index (χ0n) is 15.7. The molecule has 152 valence electrons. The van der Waals surface area contributed by atoms with Crippen LogP contribution >= 0.6 is 39.1 Å². The first-order valence-corrected chi connectivity index (χ1v) is 11.0. The fourth-order valence-corrected chi connectivity index (χ4v) is 4.29. The highest BCUT2D eigenvalue weighted by atomic mass is 79.9. The van der Waals surface area contributed by atoms with Gasteiger partial charge in [0, 0.05) is 49.2 Å². The topological polar surface area (TPSA) is 45.1 Å². The zero-order valence-corrected chi connectivity index (χ0v) is 18.8. The van der Waals surface area contributed by atoms with E-state index in [9.17, 15) is 4.79 Å². The quantitative estimate of drug-likeness (QED) is 0.621. The third-order valence-electron chi connectivity index (χ3n) is 5.18. The lowest BCUT2D eigenvalue weighted by atomic mass is 10.0. The van der Waals surface area contributed by atoms with E-state index in [4.69, 9.17) is 28.0 Å². The Bertz CT molecular complexity index is 945. The zero-order chi connectivity index (χ0) is 20.4. The second kappa shape index (κ2) is 9.04. The van der Waals surface area contributed by atoms with Crippen molar-refractivity contribution in [2.75, 3.05) is 26.2 Å². The van der Waals surface area contributed by atoms with E-state index < -0.39 is 6.10 Å². The number of nitrogens with zero attached hydrogens (tertiary/aromatic N) is 3. The molecular weight excluding hydrogens is 477 g/mol. The number of benzene rings is 2. The molecule has 2 aliphatic heterocycles. The van der Waals surface area contributed by atoms with Crippen LogP contribution in [0.2, 0.25) is 10.0 Å². The predicted molar refractivity (Wildman–Crippen MR) is 118 cm³/mol. The number of hydrogen-bond acceptors (Lipinski definition) is 4. The smallest absolute Gasteiger partial charge is 0.266 e. The van der Waals surface area contributed by atoms with Gasteiger partial charge in [-0.15, -0.1) is 0 Å². The average Bonchev–Trinajstić information content (AvgIpc) is 3.21. The predicted octanol–water partition coefficient (Wildman–Crippen LogP) is 4.59. The lowest BCUT2D eigenvalue weighted by molar-refractivity contribution is -0.143. The van der Waals surface area contributed by atoms with E-state index in [1.54, 1.807) is 0 Å². The van der Waals surface area contributed by atoms with Crippen molar-refractivity contribution in [1.29, 1.82) is 0 Å². The number of rotatable bonds is 4. The molecule has 5 nitrogen and oxygen atoms in total. The fraction of sp³-hybridized carbons (Fsp3) is 0.333. The lowest BCUT2D eigenvalue weighted by Crippen LogP contribution is -2.51. The number of oxime groups is 1. The molecule has 2 heterocycles. The lowest BCUT2D eigenvalue weighted by Gasteiger charge is -2.35. The van der Waals surface area contributed by atoms with Crippen LogP contribution in [0.15, 0.2) is 52.1 Å². The van der Waals surface area contributed by atoms with Crippen LogP contribution in [-0.2, 0) is 16.2 Å². The van der Waals surface area contributed by atoms with Gasteiger partial charge in [-0.2, -0.15) is 0 Å².